The van der Waals surface area contributed by atoms with Gasteiger partial charge >= 0.3 is 0 Å². The largest absolute Gasteiger partial charge is 0.383 e. The summed E-state index contributed by atoms with van der Waals surface area (Å²) in [5, 5.41) is 16.3. The number of benzene rings is 5. The Morgan fingerprint density at radius 1 is 0.727 bits per heavy atom. The molecule has 0 aromatic heterocycles. The van der Waals surface area contributed by atoms with Crippen LogP contribution in [0.5, 0.6) is 0 Å². The summed E-state index contributed by atoms with van der Waals surface area (Å²) in [7, 11) is -1.45. The number of hydrogen-bond donors (Lipinski definition) is 1. The van der Waals surface area contributed by atoms with E-state index < -0.39 is 21.0 Å². The van der Waals surface area contributed by atoms with Crippen LogP contribution in [0.3, 0.4) is 0 Å². The minimum atomic E-state index is -1.45. The standard InChI is InChI=1S/C29H22O2S2/c1-29(30,21-11-3-2-4-12-21)28-32-24-17-15-19-9-5-7-13-22(19)26(24)27-23-14-8-6-10-20(23)16-18-25(27)33(28)31/h2-18,28,30H,1H3/t28?,29-,33?/m0/s1. The molecule has 1 N–H and O–H groups in total. The summed E-state index contributed by atoms with van der Waals surface area (Å²) in [4.78, 5) is 1.82. The van der Waals surface area contributed by atoms with Gasteiger partial charge in [0, 0.05) is 20.9 Å². The van der Waals surface area contributed by atoms with Crippen LogP contribution < -0.4 is 0 Å². The lowest BCUT2D eigenvalue weighted by molar-refractivity contribution is 0.0745. The average molecular weight is 467 g/mol. The Hall–Kier alpha value is -2.92. The Bertz CT molecular complexity index is 1540. The van der Waals surface area contributed by atoms with Crippen LogP contribution in [0, 0.1) is 0 Å². The average Bonchev–Trinajstić information content (AvgIpc) is 2.99. The number of hydrogen-bond acceptors (Lipinski definition) is 3. The van der Waals surface area contributed by atoms with Crippen molar-refractivity contribution in [2.75, 3.05) is 0 Å². The van der Waals surface area contributed by atoms with Crippen molar-refractivity contribution in [2.45, 2.75) is 26.9 Å². The van der Waals surface area contributed by atoms with Gasteiger partial charge in [0.1, 0.15) is 10.2 Å². The molecule has 5 aromatic rings. The second-order valence-corrected chi connectivity index (χ2v) is 11.5. The lowest BCUT2D eigenvalue weighted by Crippen LogP contribution is -2.37. The molecule has 0 fully saturated rings. The van der Waals surface area contributed by atoms with E-state index in [2.05, 4.69) is 42.5 Å². The van der Waals surface area contributed by atoms with Crippen LogP contribution >= 0.6 is 11.8 Å². The van der Waals surface area contributed by atoms with Gasteiger partial charge in [-0.25, -0.2) is 0 Å². The summed E-state index contributed by atoms with van der Waals surface area (Å²) < 4.78 is 13.7. The van der Waals surface area contributed by atoms with E-state index >= 15 is 0 Å². The maximum atomic E-state index is 14.2. The van der Waals surface area contributed by atoms with Gasteiger partial charge in [0.25, 0.3) is 0 Å². The summed E-state index contributed by atoms with van der Waals surface area (Å²) in [6.45, 7) is 1.78. The molecule has 4 heteroatoms. The molecule has 0 radical (unpaired) electrons. The molecule has 0 aliphatic carbocycles. The number of aliphatic hydroxyl groups is 1. The maximum Gasteiger partial charge on any atom is 0.122 e. The van der Waals surface area contributed by atoms with E-state index in [1.54, 1.807) is 6.92 Å². The fourth-order valence-corrected chi connectivity index (χ4v) is 8.24. The predicted octanol–water partition coefficient (Wildman–Crippen LogP) is 7.11. The summed E-state index contributed by atoms with van der Waals surface area (Å²) in [6.07, 6.45) is 0. The molecule has 1 heterocycles. The van der Waals surface area contributed by atoms with Gasteiger partial charge in [-0.15, -0.1) is 11.8 Å². The minimum absolute atomic E-state index is 0.567. The Morgan fingerprint density at radius 2 is 1.30 bits per heavy atom. The highest BCUT2D eigenvalue weighted by Crippen LogP contribution is 2.52. The van der Waals surface area contributed by atoms with Gasteiger partial charge < -0.3 is 5.11 Å². The second kappa shape index (κ2) is 7.84. The van der Waals surface area contributed by atoms with Crippen molar-refractivity contribution >= 4 is 44.1 Å². The van der Waals surface area contributed by atoms with Crippen LogP contribution in [0.4, 0.5) is 0 Å². The molecule has 33 heavy (non-hydrogen) atoms. The molecule has 0 saturated carbocycles. The van der Waals surface area contributed by atoms with E-state index in [1.807, 2.05) is 60.7 Å². The van der Waals surface area contributed by atoms with Crippen LogP contribution in [0.25, 0.3) is 32.7 Å². The van der Waals surface area contributed by atoms with Gasteiger partial charge in [0.15, 0.2) is 0 Å². The predicted molar refractivity (Wildman–Crippen MR) is 139 cm³/mol. The number of rotatable bonds is 2. The zero-order valence-electron chi connectivity index (χ0n) is 18.1. The van der Waals surface area contributed by atoms with Crippen molar-refractivity contribution in [3.8, 4) is 11.1 Å². The molecule has 1 aliphatic heterocycles. The second-order valence-electron chi connectivity index (χ2n) is 8.58. The van der Waals surface area contributed by atoms with Crippen molar-refractivity contribution in [2.24, 2.45) is 0 Å². The minimum Gasteiger partial charge on any atom is -0.383 e. The summed E-state index contributed by atoms with van der Waals surface area (Å²) >= 11 is 1.52. The molecule has 0 spiro atoms. The zero-order chi connectivity index (χ0) is 22.6. The number of thioether (sulfide) groups is 1. The van der Waals surface area contributed by atoms with Gasteiger partial charge in [0.05, 0.1) is 10.8 Å². The first-order valence-electron chi connectivity index (χ1n) is 10.9. The van der Waals surface area contributed by atoms with Crippen molar-refractivity contribution in [3.05, 3.63) is 109 Å². The monoisotopic (exact) mass is 466 g/mol. The molecule has 2 nitrogen and oxygen atoms in total. The van der Waals surface area contributed by atoms with Gasteiger partial charge in [0.2, 0.25) is 0 Å². The van der Waals surface area contributed by atoms with Gasteiger partial charge in [-0.2, -0.15) is 0 Å². The van der Waals surface area contributed by atoms with Crippen molar-refractivity contribution in [1.82, 2.24) is 0 Å². The first-order valence-corrected chi connectivity index (χ1v) is 13.0. The van der Waals surface area contributed by atoms with E-state index in [9.17, 15) is 9.32 Å². The van der Waals surface area contributed by atoms with E-state index in [1.165, 1.54) is 11.8 Å². The highest BCUT2D eigenvalue weighted by Gasteiger charge is 2.42. The SMILES string of the molecule is C[C@](O)(c1ccccc1)C1Sc2ccc3ccccc3c2-c2c(ccc3ccccc23)S1=O. The highest BCUT2D eigenvalue weighted by molar-refractivity contribution is 8.11. The molecule has 1 aliphatic rings. The summed E-state index contributed by atoms with van der Waals surface area (Å²) in [5.41, 5.74) is 1.59. The Balaban J connectivity index is 1.70. The smallest absolute Gasteiger partial charge is 0.122 e. The van der Waals surface area contributed by atoms with Crippen LogP contribution in [0.1, 0.15) is 12.5 Å². The van der Waals surface area contributed by atoms with Gasteiger partial charge in [-0.3, -0.25) is 4.21 Å². The third-order valence-electron chi connectivity index (χ3n) is 6.49. The topological polar surface area (TPSA) is 37.3 Å². The normalized spacial score (nSPS) is 19.5. The molecule has 2 unspecified atom stereocenters. The lowest BCUT2D eigenvalue weighted by atomic mass is 9.94. The maximum absolute atomic E-state index is 14.2. The van der Waals surface area contributed by atoms with Crippen LogP contribution in [-0.2, 0) is 16.4 Å². The third-order valence-corrected chi connectivity index (χ3v) is 10.2. The highest BCUT2D eigenvalue weighted by atomic mass is 32.2. The Kier molecular flexibility index (Phi) is 4.91. The molecule has 0 amide bonds. The molecule has 3 atom stereocenters. The molecular formula is C29H22O2S2. The molecule has 0 bridgehead atoms. The first-order chi connectivity index (χ1) is 16.1. The van der Waals surface area contributed by atoms with Gasteiger partial charge in [-0.1, -0.05) is 91.0 Å². The number of fused-ring (bicyclic) bond motifs is 7. The Labute approximate surface area is 199 Å². The fraction of sp³-hybridized carbons (Fsp3) is 0.103. The quantitative estimate of drug-likeness (QED) is 0.301. The lowest BCUT2D eigenvalue weighted by Gasteiger charge is -2.31. The molecule has 162 valence electrons. The van der Waals surface area contributed by atoms with Crippen LogP contribution in [0.2, 0.25) is 0 Å². The van der Waals surface area contributed by atoms with Crippen molar-refractivity contribution in [1.29, 1.82) is 0 Å². The zero-order valence-corrected chi connectivity index (χ0v) is 19.7. The van der Waals surface area contributed by atoms with E-state index in [4.69, 9.17) is 0 Å². The van der Waals surface area contributed by atoms with E-state index in [0.29, 0.717) is 0 Å². The van der Waals surface area contributed by atoms with Gasteiger partial charge in [-0.05, 0) is 46.2 Å². The molecule has 0 saturated heterocycles. The molecular weight excluding hydrogens is 444 g/mol. The summed E-state index contributed by atoms with van der Waals surface area (Å²) in [6, 6.07) is 34.5. The molecule has 6 rings (SSSR count). The van der Waals surface area contributed by atoms with E-state index in [0.717, 1.165) is 48.0 Å². The van der Waals surface area contributed by atoms with Crippen molar-refractivity contribution in [3.63, 3.8) is 0 Å². The first kappa shape index (κ1) is 20.7. The summed E-state index contributed by atoms with van der Waals surface area (Å²) in [5.74, 6) is 0. The van der Waals surface area contributed by atoms with Crippen LogP contribution in [0.15, 0.2) is 113 Å². The molecule has 5 aromatic carbocycles. The van der Waals surface area contributed by atoms with E-state index in [-0.39, 0.29) is 0 Å². The fourth-order valence-electron chi connectivity index (χ4n) is 4.79. The van der Waals surface area contributed by atoms with Crippen LogP contribution in [-0.4, -0.2) is 13.9 Å². The third kappa shape index (κ3) is 3.24. The Morgan fingerprint density at radius 3 is 2.00 bits per heavy atom. The van der Waals surface area contributed by atoms with Crippen molar-refractivity contribution < 1.29 is 9.32 Å².